The van der Waals surface area contributed by atoms with Gasteiger partial charge in [0.05, 0.1) is 4.92 Å². The van der Waals surface area contributed by atoms with Gasteiger partial charge in [-0.2, -0.15) is 0 Å². The van der Waals surface area contributed by atoms with E-state index in [1.165, 1.54) is 12.1 Å². The number of cyclic esters (lactones) is 1. The van der Waals surface area contributed by atoms with Gasteiger partial charge in [-0.3, -0.25) is 10.1 Å². The predicted molar refractivity (Wildman–Crippen MR) is 69.5 cm³/mol. The Bertz CT molecular complexity index is 549. The van der Waals surface area contributed by atoms with Crippen molar-refractivity contribution in [1.82, 2.24) is 0 Å². The molecular weight excluding hydrogens is 246 g/mol. The van der Waals surface area contributed by atoms with Gasteiger partial charge in [0, 0.05) is 23.1 Å². The van der Waals surface area contributed by atoms with Crippen LogP contribution in [0.4, 0.5) is 5.69 Å². The second-order valence-electron chi connectivity index (χ2n) is 4.88. The van der Waals surface area contributed by atoms with Crippen molar-refractivity contribution in [3.05, 3.63) is 52.1 Å². The van der Waals surface area contributed by atoms with E-state index in [-0.39, 0.29) is 5.69 Å². The third-order valence-electron chi connectivity index (χ3n) is 3.88. The summed E-state index contributed by atoms with van der Waals surface area (Å²) in [5, 5.41) is 10.6. The van der Waals surface area contributed by atoms with Crippen LogP contribution in [0.5, 0.6) is 0 Å². The molecule has 0 saturated carbocycles. The highest BCUT2D eigenvalue weighted by Crippen LogP contribution is 2.50. The van der Waals surface area contributed by atoms with Crippen LogP contribution in [-0.2, 0) is 9.53 Å². The second-order valence-corrected chi connectivity index (χ2v) is 4.88. The molecule has 1 aromatic rings. The maximum Gasteiger partial charge on any atom is 0.334 e. The van der Waals surface area contributed by atoms with Gasteiger partial charge in [0.15, 0.2) is 0 Å². The summed E-state index contributed by atoms with van der Waals surface area (Å²) in [6, 6.07) is 6.09. The Hall–Kier alpha value is -2.17. The van der Waals surface area contributed by atoms with Gasteiger partial charge in [0.1, 0.15) is 6.10 Å². The minimum atomic E-state index is -0.465. The Balaban J connectivity index is 2.38. The first-order chi connectivity index (χ1) is 8.90. The van der Waals surface area contributed by atoms with E-state index in [9.17, 15) is 14.9 Å². The summed E-state index contributed by atoms with van der Waals surface area (Å²) in [6.07, 6.45) is 0.275. The van der Waals surface area contributed by atoms with Crippen LogP contribution in [0.1, 0.15) is 31.9 Å². The topological polar surface area (TPSA) is 69.4 Å². The minimum Gasteiger partial charge on any atom is -0.453 e. The monoisotopic (exact) mass is 261 g/mol. The summed E-state index contributed by atoms with van der Waals surface area (Å²) in [5.74, 6) is -0.396. The molecule has 100 valence electrons. The molecule has 5 nitrogen and oxygen atoms in total. The number of nitrogens with zero attached hydrogens (tertiary/aromatic N) is 1. The van der Waals surface area contributed by atoms with Crippen molar-refractivity contribution in [1.29, 1.82) is 0 Å². The van der Waals surface area contributed by atoms with Crippen LogP contribution in [0.25, 0.3) is 0 Å². The van der Waals surface area contributed by atoms with Gasteiger partial charge < -0.3 is 4.74 Å². The lowest BCUT2D eigenvalue weighted by molar-refractivity contribution is -0.384. The van der Waals surface area contributed by atoms with Gasteiger partial charge >= 0.3 is 5.97 Å². The number of nitro benzene ring substituents is 1. The Labute approximate surface area is 111 Å². The molecular formula is C14H15NO4. The fourth-order valence-corrected chi connectivity index (χ4v) is 2.31. The molecule has 0 aromatic heterocycles. The first-order valence-corrected chi connectivity index (χ1v) is 6.05. The van der Waals surface area contributed by atoms with Crippen molar-refractivity contribution in [3.8, 4) is 0 Å². The number of nitro groups is 1. The molecule has 1 saturated heterocycles. The zero-order valence-electron chi connectivity index (χ0n) is 10.9. The number of non-ortho nitro benzene ring substituents is 1. The lowest BCUT2D eigenvalue weighted by Crippen LogP contribution is -2.21. The summed E-state index contributed by atoms with van der Waals surface area (Å²) in [7, 11) is 0. The SMILES string of the molecule is C=C1C(=O)O[C@@H](c2ccc([N+](=O)[O-])cc2)[C@]1(C)CC. The average molecular weight is 261 g/mol. The maximum absolute atomic E-state index is 11.7. The van der Waals surface area contributed by atoms with Gasteiger partial charge in [-0.05, 0) is 24.1 Å². The quantitative estimate of drug-likeness (QED) is 0.362. The molecule has 0 amide bonds. The molecule has 0 unspecified atom stereocenters. The number of esters is 1. The molecule has 2 atom stereocenters. The van der Waals surface area contributed by atoms with Crippen LogP contribution in [0.15, 0.2) is 36.4 Å². The third-order valence-corrected chi connectivity index (χ3v) is 3.88. The van der Waals surface area contributed by atoms with E-state index in [1.54, 1.807) is 12.1 Å². The Morgan fingerprint density at radius 1 is 1.42 bits per heavy atom. The van der Waals surface area contributed by atoms with Crippen molar-refractivity contribution in [2.24, 2.45) is 5.41 Å². The largest absolute Gasteiger partial charge is 0.453 e. The van der Waals surface area contributed by atoms with Gasteiger partial charge in [-0.15, -0.1) is 0 Å². The first-order valence-electron chi connectivity index (χ1n) is 6.05. The predicted octanol–water partition coefficient (Wildman–Crippen LogP) is 3.17. The molecule has 0 bridgehead atoms. The molecule has 0 radical (unpaired) electrons. The lowest BCUT2D eigenvalue weighted by Gasteiger charge is -2.27. The summed E-state index contributed by atoms with van der Waals surface area (Å²) in [4.78, 5) is 21.8. The zero-order chi connectivity index (χ0) is 14.2. The van der Waals surface area contributed by atoms with Crippen LogP contribution in [0, 0.1) is 15.5 Å². The van der Waals surface area contributed by atoms with Crippen molar-refractivity contribution in [2.45, 2.75) is 26.4 Å². The fraction of sp³-hybridized carbons (Fsp3) is 0.357. The number of rotatable bonds is 3. The van der Waals surface area contributed by atoms with Gasteiger partial charge in [-0.1, -0.05) is 20.4 Å². The van der Waals surface area contributed by atoms with E-state index in [4.69, 9.17) is 4.74 Å². The van der Waals surface area contributed by atoms with E-state index in [0.29, 0.717) is 12.0 Å². The van der Waals surface area contributed by atoms with E-state index in [2.05, 4.69) is 6.58 Å². The van der Waals surface area contributed by atoms with Crippen LogP contribution in [0.2, 0.25) is 0 Å². The molecule has 1 fully saturated rings. The van der Waals surface area contributed by atoms with Crippen LogP contribution >= 0.6 is 0 Å². The van der Waals surface area contributed by atoms with Crippen molar-refractivity contribution in [3.63, 3.8) is 0 Å². The van der Waals surface area contributed by atoms with Gasteiger partial charge in [0.25, 0.3) is 5.69 Å². The highest BCUT2D eigenvalue weighted by atomic mass is 16.6. The summed E-state index contributed by atoms with van der Waals surface area (Å²) in [6.45, 7) is 7.68. The van der Waals surface area contributed by atoms with Crippen molar-refractivity contribution < 1.29 is 14.5 Å². The minimum absolute atomic E-state index is 0.0186. The zero-order valence-corrected chi connectivity index (χ0v) is 10.9. The second kappa shape index (κ2) is 4.50. The highest BCUT2D eigenvalue weighted by Gasteiger charge is 2.48. The third kappa shape index (κ3) is 2.01. The lowest BCUT2D eigenvalue weighted by atomic mass is 9.75. The summed E-state index contributed by atoms with van der Waals surface area (Å²) >= 11 is 0. The number of hydrogen-bond donors (Lipinski definition) is 0. The molecule has 19 heavy (non-hydrogen) atoms. The Morgan fingerprint density at radius 2 is 2.00 bits per heavy atom. The number of ether oxygens (including phenoxy) is 1. The van der Waals surface area contributed by atoms with Crippen molar-refractivity contribution >= 4 is 11.7 Å². The fourth-order valence-electron chi connectivity index (χ4n) is 2.31. The Kier molecular flexibility index (Phi) is 3.14. The normalized spacial score (nSPS) is 26.3. The van der Waals surface area contributed by atoms with E-state index < -0.39 is 22.4 Å². The smallest absolute Gasteiger partial charge is 0.334 e. The molecule has 0 aliphatic carbocycles. The van der Waals surface area contributed by atoms with E-state index in [0.717, 1.165) is 5.56 Å². The number of hydrogen-bond acceptors (Lipinski definition) is 4. The molecule has 0 N–H and O–H groups in total. The average Bonchev–Trinajstić information content (AvgIpc) is 2.64. The maximum atomic E-state index is 11.7. The molecule has 2 rings (SSSR count). The molecule has 0 spiro atoms. The molecule has 1 aliphatic heterocycles. The van der Waals surface area contributed by atoms with Crippen LogP contribution < -0.4 is 0 Å². The van der Waals surface area contributed by atoms with Crippen molar-refractivity contribution in [2.75, 3.05) is 0 Å². The molecule has 1 aromatic carbocycles. The van der Waals surface area contributed by atoms with Gasteiger partial charge in [-0.25, -0.2) is 4.79 Å². The number of benzene rings is 1. The Morgan fingerprint density at radius 3 is 2.47 bits per heavy atom. The van der Waals surface area contributed by atoms with Crippen LogP contribution in [0.3, 0.4) is 0 Å². The highest BCUT2D eigenvalue weighted by molar-refractivity contribution is 5.92. The molecule has 5 heteroatoms. The van der Waals surface area contributed by atoms with E-state index in [1.807, 2.05) is 13.8 Å². The summed E-state index contributed by atoms with van der Waals surface area (Å²) in [5.41, 5.74) is 0.762. The van der Waals surface area contributed by atoms with Gasteiger partial charge in [0.2, 0.25) is 0 Å². The number of carbonyl (C=O) groups is 1. The molecule has 1 heterocycles. The van der Waals surface area contributed by atoms with E-state index >= 15 is 0 Å². The van der Waals surface area contributed by atoms with Crippen LogP contribution in [-0.4, -0.2) is 10.9 Å². The summed E-state index contributed by atoms with van der Waals surface area (Å²) < 4.78 is 5.36. The molecule has 1 aliphatic rings. The number of carbonyl (C=O) groups excluding carboxylic acids is 1. The first kappa shape index (κ1) is 13.3. The standard InChI is InChI=1S/C14H15NO4/c1-4-14(3)9(2)13(16)19-12(14)10-5-7-11(8-6-10)15(17)18/h5-8,12H,2,4H2,1,3H3/t12-,14+/m0/s1.